The van der Waals surface area contributed by atoms with Crippen LogP contribution in [-0.2, 0) is 5.41 Å². The minimum atomic E-state index is 0.0823. The summed E-state index contributed by atoms with van der Waals surface area (Å²) in [7, 11) is 1.62. The van der Waals surface area contributed by atoms with Gasteiger partial charge in [-0.1, -0.05) is 26.8 Å². The predicted octanol–water partition coefficient (Wildman–Crippen LogP) is 2.65. The van der Waals surface area contributed by atoms with Crippen molar-refractivity contribution in [2.24, 2.45) is 5.73 Å². The number of anilines is 1. The van der Waals surface area contributed by atoms with Crippen LogP contribution in [0.5, 0.6) is 5.75 Å². The van der Waals surface area contributed by atoms with Crippen molar-refractivity contribution >= 4 is 23.0 Å². The van der Waals surface area contributed by atoms with Gasteiger partial charge in [0.2, 0.25) is 0 Å². The fourth-order valence-corrected chi connectivity index (χ4v) is 1.51. The van der Waals surface area contributed by atoms with Gasteiger partial charge in [0.25, 0.3) is 0 Å². The van der Waals surface area contributed by atoms with E-state index in [4.69, 9.17) is 22.7 Å². The lowest BCUT2D eigenvalue weighted by molar-refractivity contribution is 0.416. The first-order chi connectivity index (χ1) is 7.34. The molecule has 0 atom stereocenters. The topological polar surface area (TPSA) is 47.3 Å². The molecule has 0 fully saturated rings. The average Bonchev–Trinajstić information content (AvgIpc) is 2.15. The normalized spacial score (nSPS) is 11.0. The summed E-state index contributed by atoms with van der Waals surface area (Å²) in [4.78, 5) is 0. The number of methoxy groups -OCH3 is 1. The maximum atomic E-state index is 5.47. The Morgan fingerprint density at radius 1 is 1.38 bits per heavy atom. The fourth-order valence-electron chi connectivity index (χ4n) is 1.40. The van der Waals surface area contributed by atoms with E-state index in [0.717, 1.165) is 11.4 Å². The van der Waals surface area contributed by atoms with Gasteiger partial charge in [-0.05, 0) is 35.3 Å². The van der Waals surface area contributed by atoms with Crippen LogP contribution in [0.3, 0.4) is 0 Å². The van der Waals surface area contributed by atoms with Crippen LogP contribution >= 0.6 is 12.2 Å². The van der Waals surface area contributed by atoms with Crippen LogP contribution in [0.15, 0.2) is 18.2 Å². The van der Waals surface area contributed by atoms with Crippen LogP contribution in [0.1, 0.15) is 26.3 Å². The smallest absolute Gasteiger partial charge is 0.168 e. The van der Waals surface area contributed by atoms with E-state index in [2.05, 4.69) is 26.1 Å². The summed E-state index contributed by atoms with van der Waals surface area (Å²) in [5.74, 6) is 0.737. The van der Waals surface area contributed by atoms with E-state index >= 15 is 0 Å². The van der Waals surface area contributed by atoms with Crippen molar-refractivity contribution in [1.82, 2.24) is 0 Å². The molecule has 0 aliphatic carbocycles. The molecule has 0 radical (unpaired) electrons. The maximum absolute atomic E-state index is 5.47. The van der Waals surface area contributed by atoms with Crippen LogP contribution in [0.4, 0.5) is 5.69 Å². The predicted molar refractivity (Wildman–Crippen MR) is 72.1 cm³/mol. The molecule has 3 N–H and O–H groups in total. The first-order valence-electron chi connectivity index (χ1n) is 5.09. The second-order valence-electron chi connectivity index (χ2n) is 4.65. The third-order valence-corrected chi connectivity index (χ3v) is 2.43. The van der Waals surface area contributed by atoms with E-state index < -0.39 is 0 Å². The molecule has 0 spiro atoms. The maximum Gasteiger partial charge on any atom is 0.168 e. The molecule has 16 heavy (non-hydrogen) atoms. The molecule has 0 saturated heterocycles. The third kappa shape index (κ3) is 3.10. The second kappa shape index (κ2) is 4.70. The van der Waals surface area contributed by atoms with Gasteiger partial charge in [0.15, 0.2) is 5.11 Å². The Kier molecular flexibility index (Phi) is 3.75. The average molecular weight is 238 g/mol. The molecule has 1 rings (SSSR count). The molecule has 0 bridgehead atoms. The van der Waals surface area contributed by atoms with Gasteiger partial charge in [0, 0.05) is 0 Å². The SMILES string of the molecule is COc1ccc(C(C)(C)C)cc1NC(N)=S. The number of thiocarbonyl (C=S) groups is 1. The molecule has 1 aromatic carbocycles. The van der Waals surface area contributed by atoms with Gasteiger partial charge in [-0.15, -0.1) is 0 Å². The lowest BCUT2D eigenvalue weighted by atomic mass is 9.87. The number of hydrogen-bond acceptors (Lipinski definition) is 2. The standard InChI is InChI=1S/C12H18N2OS/c1-12(2,3)8-5-6-10(15-4)9(7-8)14-11(13)16/h5-7H,1-4H3,(H3,13,14,16). The highest BCUT2D eigenvalue weighted by molar-refractivity contribution is 7.80. The lowest BCUT2D eigenvalue weighted by Crippen LogP contribution is -2.20. The van der Waals surface area contributed by atoms with Crippen molar-refractivity contribution in [2.75, 3.05) is 12.4 Å². The van der Waals surface area contributed by atoms with Gasteiger partial charge in [-0.3, -0.25) is 0 Å². The number of nitrogens with one attached hydrogen (secondary N) is 1. The molecular weight excluding hydrogens is 220 g/mol. The number of ether oxygens (including phenoxy) is 1. The molecule has 1 aromatic rings. The van der Waals surface area contributed by atoms with Gasteiger partial charge in [-0.2, -0.15) is 0 Å². The molecule has 0 aromatic heterocycles. The number of hydrogen-bond donors (Lipinski definition) is 2. The van der Waals surface area contributed by atoms with Crippen molar-refractivity contribution in [3.8, 4) is 5.75 Å². The van der Waals surface area contributed by atoms with E-state index in [1.807, 2.05) is 18.2 Å². The lowest BCUT2D eigenvalue weighted by Gasteiger charge is -2.21. The van der Waals surface area contributed by atoms with Crippen LogP contribution in [0, 0.1) is 0 Å². The van der Waals surface area contributed by atoms with E-state index in [1.54, 1.807) is 7.11 Å². The fraction of sp³-hybridized carbons (Fsp3) is 0.417. The molecule has 4 heteroatoms. The summed E-state index contributed by atoms with van der Waals surface area (Å²) in [5, 5.41) is 3.16. The highest BCUT2D eigenvalue weighted by atomic mass is 32.1. The van der Waals surface area contributed by atoms with Gasteiger partial charge < -0.3 is 15.8 Å². The highest BCUT2D eigenvalue weighted by Crippen LogP contribution is 2.31. The van der Waals surface area contributed by atoms with Gasteiger partial charge >= 0.3 is 0 Å². The highest BCUT2D eigenvalue weighted by Gasteiger charge is 2.15. The largest absolute Gasteiger partial charge is 0.495 e. The summed E-state index contributed by atoms with van der Waals surface area (Å²) in [6.45, 7) is 6.46. The van der Waals surface area contributed by atoms with Crippen LogP contribution < -0.4 is 15.8 Å². The Hall–Kier alpha value is -1.29. The minimum absolute atomic E-state index is 0.0823. The number of rotatable bonds is 2. The molecule has 0 aliphatic rings. The number of benzene rings is 1. The zero-order chi connectivity index (χ0) is 12.3. The third-order valence-electron chi connectivity index (χ3n) is 2.32. The van der Waals surface area contributed by atoms with E-state index in [9.17, 15) is 0 Å². The first kappa shape index (κ1) is 12.8. The molecule has 88 valence electrons. The van der Waals surface area contributed by atoms with Gasteiger partial charge in [0.05, 0.1) is 12.8 Å². The molecule has 0 unspecified atom stereocenters. The summed E-state index contributed by atoms with van der Waals surface area (Å²) in [6.07, 6.45) is 0. The van der Waals surface area contributed by atoms with Crippen molar-refractivity contribution in [1.29, 1.82) is 0 Å². The number of nitrogens with two attached hydrogens (primary N) is 1. The van der Waals surface area contributed by atoms with Crippen molar-refractivity contribution in [2.45, 2.75) is 26.2 Å². The van der Waals surface area contributed by atoms with Crippen molar-refractivity contribution < 1.29 is 4.74 Å². The molecule has 3 nitrogen and oxygen atoms in total. The Bertz CT molecular complexity index is 396. The summed E-state index contributed by atoms with van der Waals surface area (Å²) in [5.41, 5.74) is 7.56. The molecule has 0 amide bonds. The van der Waals surface area contributed by atoms with Crippen molar-refractivity contribution in [3.63, 3.8) is 0 Å². The molecule has 0 saturated carbocycles. The van der Waals surface area contributed by atoms with Crippen LogP contribution in [-0.4, -0.2) is 12.2 Å². The first-order valence-corrected chi connectivity index (χ1v) is 5.50. The summed E-state index contributed by atoms with van der Waals surface area (Å²) >= 11 is 4.83. The zero-order valence-corrected chi connectivity index (χ0v) is 10.9. The Balaban J connectivity index is 3.16. The molecule has 0 aliphatic heterocycles. The van der Waals surface area contributed by atoms with E-state index in [1.165, 1.54) is 5.56 Å². The minimum Gasteiger partial charge on any atom is -0.495 e. The Morgan fingerprint density at radius 3 is 2.44 bits per heavy atom. The molecule has 0 heterocycles. The second-order valence-corrected chi connectivity index (χ2v) is 5.09. The van der Waals surface area contributed by atoms with Crippen molar-refractivity contribution in [3.05, 3.63) is 23.8 Å². The summed E-state index contributed by atoms with van der Waals surface area (Å²) < 4.78 is 5.24. The van der Waals surface area contributed by atoms with Gasteiger partial charge in [-0.25, -0.2) is 0 Å². The molecular formula is C12H18N2OS. The summed E-state index contributed by atoms with van der Waals surface area (Å²) in [6, 6.07) is 5.97. The Morgan fingerprint density at radius 2 is 2.00 bits per heavy atom. The quantitative estimate of drug-likeness (QED) is 0.778. The van der Waals surface area contributed by atoms with E-state index in [-0.39, 0.29) is 10.5 Å². The van der Waals surface area contributed by atoms with Crippen LogP contribution in [0.25, 0.3) is 0 Å². The monoisotopic (exact) mass is 238 g/mol. The van der Waals surface area contributed by atoms with Gasteiger partial charge in [0.1, 0.15) is 5.75 Å². The zero-order valence-electron chi connectivity index (χ0n) is 10.1. The Labute approximate surface area is 102 Å². The van der Waals surface area contributed by atoms with Crippen LogP contribution in [0.2, 0.25) is 0 Å². The van der Waals surface area contributed by atoms with E-state index in [0.29, 0.717) is 0 Å².